The minimum absolute atomic E-state index is 0.169. The third kappa shape index (κ3) is 3.10. The van der Waals surface area contributed by atoms with Gasteiger partial charge in [0.05, 0.1) is 17.5 Å². The number of anilines is 1. The van der Waals surface area contributed by atoms with Crippen LogP contribution in [0.4, 0.5) is 5.13 Å². The van der Waals surface area contributed by atoms with Crippen molar-refractivity contribution in [2.75, 3.05) is 11.9 Å². The number of nitrogens with one attached hydrogen (secondary N) is 1. The Morgan fingerprint density at radius 3 is 2.56 bits per heavy atom. The minimum atomic E-state index is -0.334. The molecule has 3 amide bonds. The molecule has 1 saturated heterocycles. The van der Waals surface area contributed by atoms with E-state index < -0.39 is 0 Å². The lowest BCUT2D eigenvalue weighted by molar-refractivity contribution is -0.142. The Kier molecular flexibility index (Phi) is 4.35. The number of aromatic nitrogens is 1. The average Bonchev–Trinajstić information content (AvgIpc) is 3.09. The zero-order valence-corrected chi connectivity index (χ0v) is 15.2. The van der Waals surface area contributed by atoms with Gasteiger partial charge in [-0.2, -0.15) is 0 Å². The Morgan fingerprint density at radius 2 is 1.88 bits per heavy atom. The number of nitrogens with zero attached hydrogens (tertiary/aromatic N) is 2. The molecule has 2 fully saturated rings. The Balaban J connectivity index is 1.41. The van der Waals surface area contributed by atoms with Gasteiger partial charge in [0.1, 0.15) is 6.54 Å². The van der Waals surface area contributed by atoms with Crippen LogP contribution in [0.3, 0.4) is 0 Å². The average molecular weight is 361 g/mol. The standard InChI is InChI=1S/C18H23N3O3S/c1-10-6-7-13-14(8-10)25-18(19-13)20-15(22)9-21-16(23)11-4-2-3-5-12(11)17(21)24/h10-12H,2-9H2,1H3,(H,19,20,22)/t10-,11-,12+/m1/s1. The van der Waals surface area contributed by atoms with Crippen molar-refractivity contribution in [1.82, 2.24) is 9.88 Å². The molecule has 0 aromatic carbocycles. The molecule has 0 unspecified atom stereocenters. The summed E-state index contributed by atoms with van der Waals surface area (Å²) in [6.45, 7) is 2.04. The van der Waals surface area contributed by atoms with E-state index >= 15 is 0 Å². The van der Waals surface area contributed by atoms with E-state index in [0.717, 1.165) is 55.5 Å². The van der Waals surface area contributed by atoms with E-state index in [-0.39, 0.29) is 36.1 Å². The smallest absolute Gasteiger partial charge is 0.246 e. The highest BCUT2D eigenvalue weighted by Gasteiger charge is 2.48. The molecule has 1 aliphatic heterocycles. The van der Waals surface area contributed by atoms with Crippen LogP contribution in [-0.4, -0.2) is 34.2 Å². The molecule has 25 heavy (non-hydrogen) atoms. The molecule has 1 aromatic heterocycles. The number of hydrogen-bond acceptors (Lipinski definition) is 5. The third-order valence-corrected chi connectivity index (χ3v) is 6.70. The molecule has 134 valence electrons. The number of thiazole rings is 1. The van der Waals surface area contributed by atoms with Crippen molar-refractivity contribution in [3.63, 3.8) is 0 Å². The van der Waals surface area contributed by atoms with Gasteiger partial charge in [-0.15, -0.1) is 11.3 Å². The predicted molar refractivity (Wildman–Crippen MR) is 94.1 cm³/mol. The third-order valence-electron chi connectivity index (χ3n) is 5.67. The van der Waals surface area contributed by atoms with Gasteiger partial charge in [0.15, 0.2) is 5.13 Å². The number of carbonyl (C=O) groups is 3. The van der Waals surface area contributed by atoms with Gasteiger partial charge in [-0.25, -0.2) is 4.98 Å². The molecule has 2 heterocycles. The van der Waals surface area contributed by atoms with Gasteiger partial charge in [-0.3, -0.25) is 19.3 Å². The second kappa shape index (κ2) is 6.52. The van der Waals surface area contributed by atoms with Gasteiger partial charge in [0, 0.05) is 4.88 Å². The van der Waals surface area contributed by atoms with Crippen molar-refractivity contribution in [3.8, 4) is 0 Å². The first-order valence-electron chi connectivity index (χ1n) is 9.16. The highest BCUT2D eigenvalue weighted by atomic mass is 32.1. The summed E-state index contributed by atoms with van der Waals surface area (Å²) in [5.41, 5.74) is 1.08. The number of amides is 3. The largest absolute Gasteiger partial charge is 0.300 e. The molecule has 0 spiro atoms. The van der Waals surface area contributed by atoms with Gasteiger partial charge >= 0.3 is 0 Å². The van der Waals surface area contributed by atoms with E-state index in [1.807, 2.05) is 0 Å². The number of aryl methyl sites for hydroxylation is 1. The van der Waals surface area contributed by atoms with Crippen molar-refractivity contribution in [1.29, 1.82) is 0 Å². The van der Waals surface area contributed by atoms with Gasteiger partial charge in [0.25, 0.3) is 0 Å². The first kappa shape index (κ1) is 16.7. The zero-order chi connectivity index (χ0) is 17.6. The summed E-state index contributed by atoms with van der Waals surface area (Å²) < 4.78 is 0. The molecule has 1 N–H and O–H groups in total. The SMILES string of the molecule is C[C@@H]1CCc2nc(NC(=O)CN3C(=O)[C@H]4CCCC[C@H]4C3=O)sc2C1. The van der Waals surface area contributed by atoms with E-state index in [4.69, 9.17) is 0 Å². The van der Waals surface area contributed by atoms with Crippen LogP contribution >= 0.6 is 11.3 Å². The topological polar surface area (TPSA) is 79.4 Å². The molecule has 4 rings (SSSR count). The first-order valence-corrected chi connectivity index (χ1v) is 9.98. The second-order valence-electron chi connectivity index (χ2n) is 7.55. The molecule has 2 aliphatic carbocycles. The molecule has 1 saturated carbocycles. The quantitative estimate of drug-likeness (QED) is 0.839. The van der Waals surface area contributed by atoms with Crippen molar-refractivity contribution in [3.05, 3.63) is 10.6 Å². The lowest BCUT2D eigenvalue weighted by atomic mass is 9.81. The van der Waals surface area contributed by atoms with Crippen LogP contribution in [0, 0.1) is 17.8 Å². The van der Waals surface area contributed by atoms with E-state index in [2.05, 4.69) is 17.2 Å². The predicted octanol–water partition coefficient (Wildman–Crippen LogP) is 2.38. The summed E-state index contributed by atoms with van der Waals surface area (Å²) in [4.78, 5) is 44.2. The minimum Gasteiger partial charge on any atom is -0.300 e. The maximum atomic E-state index is 12.4. The fourth-order valence-corrected chi connectivity index (χ4v) is 5.47. The van der Waals surface area contributed by atoms with Gasteiger partial charge in [-0.05, 0) is 38.0 Å². The maximum Gasteiger partial charge on any atom is 0.246 e. The van der Waals surface area contributed by atoms with E-state index in [1.165, 1.54) is 16.2 Å². The number of rotatable bonds is 3. The molecule has 3 atom stereocenters. The number of hydrogen-bond donors (Lipinski definition) is 1. The van der Waals surface area contributed by atoms with E-state index in [0.29, 0.717) is 11.0 Å². The number of fused-ring (bicyclic) bond motifs is 2. The van der Waals surface area contributed by atoms with Crippen molar-refractivity contribution < 1.29 is 14.4 Å². The van der Waals surface area contributed by atoms with Gasteiger partial charge in [-0.1, -0.05) is 19.8 Å². The summed E-state index contributed by atoms with van der Waals surface area (Å²) >= 11 is 1.52. The highest BCUT2D eigenvalue weighted by molar-refractivity contribution is 7.15. The lowest BCUT2D eigenvalue weighted by Gasteiger charge is -2.19. The molecule has 0 bridgehead atoms. The Bertz CT molecular complexity index is 705. The zero-order valence-electron chi connectivity index (χ0n) is 14.4. The fraction of sp³-hybridized carbons (Fsp3) is 0.667. The van der Waals surface area contributed by atoms with E-state index in [1.54, 1.807) is 0 Å². The summed E-state index contributed by atoms with van der Waals surface area (Å²) in [6, 6.07) is 0. The van der Waals surface area contributed by atoms with Gasteiger partial charge in [0.2, 0.25) is 17.7 Å². The fourth-order valence-electron chi connectivity index (χ4n) is 4.28. The number of carbonyl (C=O) groups excluding carboxylic acids is 3. The maximum absolute atomic E-state index is 12.4. The van der Waals surface area contributed by atoms with Crippen LogP contribution in [0.15, 0.2) is 0 Å². The monoisotopic (exact) mass is 361 g/mol. The molecule has 1 aromatic rings. The summed E-state index contributed by atoms with van der Waals surface area (Å²) in [5, 5.41) is 3.37. The first-order chi connectivity index (χ1) is 12.0. The second-order valence-corrected chi connectivity index (χ2v) is 8.63. The van der Waals surface area contributed by atoms with Gasteiger partial charge < -0.3 is 5.32 Å². The van der Waals surface area contributed by atoms with Crippen molar-refractivity contribution >= 4 is 34.2 Å². The Morgan fingerprint density at radius 1 is 1.20 bits per heavy atom. The molecule has 6 nitrogen and oxygen atoms in total. The summed E-state index contributed by atoms with van der Waals surface area (Å²) in [7, 11) is 0. The van der Waals surface area contributed by atoms with Crippen LogP contribution < -0.4 is 5.32 Å². The lowest BCUT2D eigenvalue weighted by Crippen LogP contribution is -2.38. The van der Waals surface area contributed by atoms with Crippen LogP contribution in [0.1, 0.15) is 49.6 Å². The Labute approximate surface area is 151 Å². The number of imide groups is 1. The Hall–Kier alpha value is -1.76. The molecule has 3 aliphatic rings. The van der Waals surface area contributed by atoms with E-state index in [9.17, 15) is 14.4 Å². The van der Waals surface area contributed by atoms with Crippen molar-refractivity contribution in [2.24, 2.45) is 17.8 Å². The van der Waals surface area contributed by atoms with Crippen molar-refractivity contribution in [2.45, 2.75) is 51.9 Å². The normalized spacial score (nSPS) is 28.7. The van der Waals surface area contributed by atoms with Crippen LogP contribution in [0.5, 0.6) is 0 Å². The highest BCUT2D eigenvalue weighted by Crippen LogP contribution is 2.38. The molecular formula is C18H23N3O3S. The molecule has 0 radical (unpaired) electrons. The molecule has 7 heteroatoms. The molecular weight excluding hydrogens is 338 g/mol. The van der Waals surface area contributed by atoms with Crippen LogP contribution in [0.2, 0.25) is 0 Å². The summed E-state index contributed by atoms with van der Waals surface area (Å²) in [6.07, 6.45) is 6.61. The number of likely N-dealkylation sites (tertiary alicyclic amines) is 1. The van der Waals surface area contributed by atoms with Crippen LogP contribution in [0.25, 0.3) is 0 Å². The summed E-state index contributed by atoms with van der Waals surface area (Å²) in [5.74, 6) is -0.432. The van der Waals surface area contributed by atoms with Crippen LogP contribution in [-0.2, 0) is 27.2 Å².